The number of benzene rings is 1. The topological polar surface area (TPSA) is 66.2 Å². The summed E-state index contributed by atoms with van der Waals surface area (Å²) in [6.07, 6.45) is 0. The van der Waals surface area contributed by atoms with E-state index in [9.17, 15) is 14.3 Å². The van der Waals surface area contributed by atoms with Gasteiger partial charge in [0.2, 0.25) is 5.88 Å². The van der Waals surface area contributed by atoms with Crippen molar-refractivity contribution >= 4 is 0 Å². The van der Waals surface area contributed by atoms with E-state index in [1.807, 2.05) is 4.98 Å². The second kappa shape index (κ2) is 3.02. The van der Waals surface area contributed by atoms with Gasteiger partial charge in [-0.3, -0.25) is 4.98 Å². The molecule has 2 N–H and O–H groups in total. The average molecular weight is 195 g/mol. The van der Waals surface area contributed by atoms with Gasteiger partial charge >= 0.3 is 5.76 Å². The van der Waals surface area contributed by atoms with Crippen molar-refractivity contribution < 1.29 is 13.9 Å². The molecule has 72 valence electrons. The number of hydrogen-bond acceptors (Lipinski definition) is 3. The van der Waals surface area contributed by atoms with Crippen molar-refractivity contribution in [2.24, 2.45) is 0 Å². The molecule has 0 saturated heterocycles. The van der Waals surface area contributed by atoms with E-state index in [4.69, 9.17) is 0 Å². The van der Waals surface area contributed by atoms with Crippen molar-refractivity contribution in [3.63, 3.8) is 0 Å². The van der Waals surface area contributed by atoms with Crippen LogP contribution in [0.15, 0.2) is 33.5 Å². The smallest absolute Gasteiger partial charge is 0.419 e. The van der Waals surface area contributed by atoms with Gasteiger partial charge in [-0.05, 0) is 12.1 Å². The van der Waals surface area contributed by atoms with Gasteiger partial charge in [-0.1, -0.05) is 12.1 Å². The van der Waals surface area contributed by atoms with Crippen LogP contribution in [0.5, 0.6) is 5.88 Å². The van der Waals surface area contributed by atoms with Gasteiger partial charge in [0, 0.05) is 5.56 Å². The van der Waals surface area contributed by atoms with Crippen molar-refractivity contribution in [2.45, 2.75) is 0 Å². The second-order valence-corrected chi connectivity index (χ2v) is 2.70. The fourth-order valence-corrected chi connectivity index (χ4v) is 1.15. The minimum Gasteiger partial charge on any atom is -0.492 e. The van der Waals surface area contributed by atoms with Crippen LogP contribution < -0.4 is 5.76 Å². The van der Waals surface area contributed by atoms with Crippen LogP contribution in [0.4, 0.5) is 4.39 Å². The van der Waals surface area contributed by atoms with Gasteiger partial charge in [-0.25, -0.2) is 9.18 Å². The molecule has 0 bridgehead atoms. The first-order chi connectivity index (χ1) is 6.66. The zero-order valence-electron chi connectivity index (χ0n) is 6.95. The predicted molar refractivity (Wildman–Crippen MR) is 46.4 cm³/mol. The molecule has 0 aliphatic heterocycles. The third-order valence-corrected chi connectivity index (χ3v) is 1.72. The normalized spacial score (nSPS) is 10.4. The zero-order valence-corrected chi connectivity index (χ0v) is 6.95. The summed E-state index contributed by atoms with van der Waals surface area (Å²) < 4.78 is 17.4. The molecule has 0 aliphatic rings. The van der Waals surface area contributed by atoms with Crippen LogP contribution in [0.1, 0.15) is 0 Å². The van der Waals surface area contributed by atoms with Crippen molar-refractivity contribution in [3.05, 3.63) is 40.6 Å². The molecule has 1 aromatic heterocycles. The zero-order chi connectivity index (χ0) is 10.1. The maximum absolute atomic E-state index is 12.8. The van der Waals surface area contributed by atoms with Gasteiger partial charge in [0.15, 0.2) is 5.76 Å². The third kappa shape index (κ3) is 1.39. The molecule has 2 aromatic rings. The summed E-state index contributed by atoms with van der Waals surface area (Å²) in [5.41, 5.74) is 0.306. The Hall–Kier alpha value is -2.04. The van der Waals surface area contributed by atoms with E-state index in [-0.39, 0.29) is 5.76 Å². The van der Waals surface area contributed by atoms with Crippen LogP contribution in [-0.4, -0.2) is 10.1 Å². The largest absolute Gasteiger partial charge is 0.492 e. The molecule has 14 heavy (non-hydrogen) atoms. The van der Waals surface area contributed by atoms with E-state index < -0.39 is 17.5 Å². The van der Waals surface area contributed by atoms with E-state index in [2.05, 4.69) is 4.42 Å². The summed E-state index contributed by atoms with van der Waals surface area (Å²) in [5, 5.41) is 9.20. The van der Waals surface area contributed by atoms with Crippen molar-refractivity contribution in [3.8, 4) is 17.2 Å². The van der Waals surface area contributed by atoms with Gasteiger partial charge in [0.05, 0.1) is 0 Å². The quantitative estimate of drug-likeness (QED) is 0.724. The van der Waals surface area contributed by atoms with E-state index in [0.717, 1.165) is 6.07 Å². The second-order valence-electron chi connectivity index (χ2n) is 2.70. The van der Waals surface area contributed by atoms with Gasteiger partial charge in [0.25, 0.3) is 0 Å². The molecule has 4 nitrogen and oxygen atoms in total. The van der Waals surface area contributed by atoms with Crippen LogP contribution >= 0.6 is 0 Å². The Balaban J connectivity index is 2.59. The molecular formula is C9H6FNO3. The maximum atomic E-state index is 12.8. The van der Waals surface area contributed by atoms with Gasteiger partial charge in [0.1, 0.15) is 5.82 Å². The first-order valence-electron chi connectivity index (χ1n) is 3.85. The third-order valence-electron chi connectivity index (χ3n) is 1.72. The van der Waals surface area contributed by atoms with Gasteiger partial charge in [-0.2, -0.15) is 0 Å². The highest BCUT2D eigenvalue weighted by molar-refractivity contribution is 5.61. The summed E-state index contributed by atoms with van der Waals surface area (Å²) in [7, 11) is 0. The molecule has 0 amide bonds. The van der Waals surface area contributed by atoms with E-state index in [0.29, 0.717) is 5.56 Å². The number of hydrogen-bond donors (Lipinski definition) is 2. The molecule has 2 rings (SSSR count). The Bertz CT molecular complexity index is 515. The number of aromatic nitrogens is 1. The number of aromatic amines is 1. The minimum absolute atomic E-state index is 0.0606. The summed E-state index contributed by atoms with van der Waals surface area (Å²) in [6.45, 7) is 0. The fraction of sp³-hybridized carbons (Fsp3) is 0. The highest BCUT2D eigenvalue weighted by Crippen LogP contribution is 2.25. The molecule has 1 aromatic carbocycles. The summed E-state index contributed by atoms with van der Waals surface area (Å²) in [5.74, 6) is -1.71. The van der Waals surface area contributed by atoms with Crippen LogP contribution in [-0.2, 0) is 0 Å². The van der Waals surface area contributed by atoms with Crippen LogP contribution in [0.3, 0.4) is 0 Å². The van der Waals surface area contributed by atoms with Gasteiger partial charge < -0.3 is 9.52 Å². The van der Waals surface area contributed by atoms with Crippen LogP contribution in [0.2, 0.25) is 0 Å². The Labute approximate surface area is 77.6 Å². The summed E-state index contributed by atoms with van der Waals surface area (Å²) >= 11 is 0. The lowest BCUT2D eigenvalue weighted by Gasteiger charge is -1.95. The Morgan fingerprint density at radius 1 is 1.43 bits per heavy atom. The number of halogens is 1. The number of aromatic hydroxyl groups is 1. The number of rotatable bonds is 1. The first-order valence-corrected chi connectivity index (χ1v) is 3.85. The molecule has 5 heteroatoms. The standard InChI is InChI=1S/C9H6FNO3/c10-6-3-1-2-5(4-6)7-8(12)11-9(13)14-7/h1-4,12H,(H,11,13). The Kier molecular flexibility index (Phi) is 1.85. The van der Waals surface area contributed by atoms with Gasteiger partial charge in [-0.15, -0.1) is 0 Å². The number of oxazole rings is 1. The van der Waals surface area contributed by atoms with Crippen molar-refractivity contribution in [1.29, 1.82) is 0 Å². The lowest BCUT2D eigenvalue weighted by molar-refractivity contribution is 0.452. The van der Waals surface area contributed by atoms with Crippen molar-refractivity contribution in [1.82, 2.24) is 4.98 Å². The Morgan fingerprint density at radius 2 is 2.21 bits per heavy atom. The molecule has 0 spiro atoms. The first kappa shape index (κ1) is 8.55. The minimum atomic E-state index is -0.776. The highest BCUT2D eigenvalue weighted by atomic mass is 19.1. The summed E-state index contributed by atoms with van der Waals surface area (Å²) in [4.78, 5) is 12.7. The fourth-order valence-electron chi connectivity index (χ4n) is 1.15. The molecule has 1 heterocycles. The molecular weight excluding hydrogens is 189 g/mol. The van der Waals surface area contributed by atoms with E-state index >= 15 is 0 Å². The summed E-state index contributed by atoms with van der Waals surface area (Å²) in [6, 6.07) is 5.39. The molecule has 0 radical (unpaired) electrons. The average Bonchev–Trinajstić information content (AvgIpc) is 2.45. The number of H-pyrrole nitrogens is 1. The van der Waals surface area contributed by atoms with Crippen LogP contribution in [0, 0.1) is 5.82 Å². The van der Waals surface area contributed by atoms with E-state index in [1.54, 1.807) is 0 Å². The lowest BCUT2D eigenvalue weighted by Crippen LogP contribution is -1.92. The molecule has 0 atom stereocenters. The number of nitrogens with one attached hydrogen (secondary N) is 1. The predicted octanol–water partition coefficient (Wildman–Crippen LogP) is 1.48. The van der Waals surface area contributed by atoms with Crippen molar-refractivity contribution in [2.75, 3.05) is 0 Å². The molecule has 0 unspecified atom stereocenters. The molecule has 0 fully saturated rings. The monoisotopic (exact) mass is 195 g/mol. The lowest BCUT2D eigenvalue weighted by atomic mass is 10.2. The molecule has 0 saturated carbocycles. The SMILES string of the molecule is O=c1[nH]c(O)c(-c2cccc(F)c2)o1. The Morgan fingerprint density at radius 3 is 2.79 bits per heavy atom. The maximum Gasteiger partial charge on any atom is 0.419 e. The molecule has 0 aliphatic carbocycles. The van der Waals surface area contributed by atoms with E-state index in [1.165, 1.54) is 18.2 Å². The van der Waals surface area contributed by atoms with Crippen LogP contribution in [0.25, 0.3) is 11.3 Å². The highest BCUT2D eigenvalue weighted by Gasteiger charge is 2.11.